The number of nitrogens with one attached hydrogen (secondary N) is 1. The van der Waals surface area contributed by atoms with Crippen molar-refractivity contribution in [1.29, 1.82) is 0 Å². The van der Waals surface area contributed by atoms with Crippen LogP contribution in [0.2, 0.25) is 0 Å². The zero-order chi connectivity index (χ0) is 21.5. The molecule has 1 aromatic heterocycles. The van der Waals surface area contributed by atoms with E-state index in [0.717, 1.165) is 10.0 Å². The van der Waals surface area contributed by atoms with Crippen LogP contribution >= 0.6 is 15.9 Å². The average molecular weight is 472 g/mol. The van der Waals surface area contributed by atoms with E-state index >= 15 is 0 Å². The predicted molar refractivity (Wildman–Crippen MR) is 119 cm³/mol. The molecule has 3 rings (SSSR count). The normalized spacial score (nSPS) is 10.5. The highest BCUT2D eigenvalue weighted by Crippen LogP contribution is 2.29. The molecule has 7 nitrogen and oxygen atoms in total. The van der Waals surface area contributed by atoms with Crippen molar-refractivity contribution in [3.8, 4) is 22.8 Å². The van der Waals surface area contributed by atoms with Crippen LogP contribution in [0.3, 0.4) is 0 Å². The van der Waals surface area contributed by atoms with Crippen LogP contribution in [0.5, 0.6) is 11.5 Å². The van der Waals surface area contributed by atoms with Gasteiger partial charge in [0, 0.05) is 35.1 Å². The third-order valence-corrected chi connectivity index (χ3v) is 4.99. The van der Waals surface area contributed by atoms with Crippen LogP contribution in [0.4, 0.5) is 5.69 Å². The number of hydrogen-bond acceptors (Lipinski definition) is 5. The molecule has 0 aliphatic rings. The number of aryl methyl sites for hydroxylation is 1. The van der Waals surface area contributed by atoms with Gasteiger partial charge in [0.15, 0.2) is 0 Å². The Morgan fingerprint density at radius 2 is 1.83 bits per heavy atom. The third-order valence-electron chi connectivity index (χ3n) is 4.46. The molecule has 0 unspecified atom stereocenters. The summed E-state index contributed by atoms with van der Waals surface area (Å²) in [6.07, 6.45) is 0.715. The first kappa shape index (κ1) is 21.6. The molecular weight excluding hydrogens is 450 g/mol. The van der Waals surface area contributed by atoms with Crippen LogP contribution in [0, 0.1) is 0 Å². The van der Waals surface area contributed by atoms with Crippen LogP contribution in [-0.2, 0) is 11.3 Å². The van der Waals surface area contributed by atoms with Crippen molar-refractivity contribution in [1.82, 2.24) is 9.78 Å². The maximum absolute atomic E-state index is 12.3. The van der Waals surface area contributed by atoms with E-state index in [1.54, 1.807) is 31.4 Å². The van der Waals surface area contributed by atoms with Crippen LogP contribution in [-0.4, -0.2) is 29.9 Å². The lowest BCUT2D eigenvalue weighted by Crippen LogP contribution is -2.23. The maximum Gasteiger partial charge on any atom is 0.266 e. The highest BCUT2D eigenvalue weighted by atomic mass is 79.9. The zero-order valence-electron chi connectivity index (χ0n) is 16.7. The lowest BCUT2D eigenvalue weighted by Gasteiger charge is -2.12. The highest BCUT2D eigenvalue weighted by Gasteiger charge is 2.10. The van der Waals surface area contributed by atoms with Gasteiger partial charge in [-0.15, -0.1) is 0 Å². The van der Waals surface area contributed by atoms with Gasteiger partial charge in [-0.25, -0.2) is 4.68 Å². The Kier molecular flexibility index (Phi) is 7.24. The van der Waals surface area contributed by atoms with E-state index in [1.807, 2.05) is 24.3 Å². The second-order valence-electron chi connectivity index (χ2n) is 6.50. The first-order valence-electron chi connectivity index (χ1n) is 9.36. The van der Waals surface area contributed by atoms with E-state index in [-0.39, 0.29) is 17.9 Å². The number of nitrogens with zero attached hydrogens (tertiary/aromatic N) is 2. The van der Waals surface area contributed by atoms with Crippen molar-refractivity contribution in [3.63, 3.8) is 0 Å². The average Bonchev–Trinajstić information content (AvgIpc) is 2.76. The molecule has 0 saturated carbocycles. The first-order chi connectivity index (χ1) is 14.5. The minimum Gasteiger partial charge on any atom is -0.497 e. The zero-order valence-corrected chi connectivity index (χ0v) is 18.3. The van der Waals surface area contributed by atoms with E-state index in [9.17, 15) is 9.59 Å². The fraction of sp³-hybridized carbons (Fsp3) is 0.227. The SMILES string of the molecule is COc1ccc(NC(=O)CCCn2nc(-c3ccc(Br)cc3)ccc2=O)c(OC)c1. The fourth-order valence-electron chi connectivity index (χ4n) is 2.89. The van der Waals surface area contributed by atoms with E-state index < -0.39 is 0 Å². The molecule has 30 heavy (non-hydrogen) atoms. The summed E-state index contributed by atoms with van der Waals surface area (Å²) in [6.45, 7) is 0.344. The Hall–Kier alpha value is -3.13. The molecule has 0 spiro atoms. The van der Waals surface area contributed by atoms with Gasteiger partial charge in [-0.3, -0.25) is 9.59 Å². The van der Waals surface area contributed by atoms with Gasteiger partial charge in [-0.2, -0.15) is 5.10 Å². The Bertz CT molecular complexity index is 1080. The van der Waals surface area contributed by atoms with Crippen molar-refractivity contribution in [2.45, 2.75) is 19.4 Å². The van der Waals surface area contributed by atoms with Gasteiger partial charge in [0.25, 0.3) is 5.56 Å². The Morgan fingerprint density at radius 1 is 1.07 bits per heavy atom. The molecule has 2 aromatic carbocycles. The standard InChI is InChI=1S/C22H22BrN3O4/c1-29-17-9-10-19(20(14-17)30-2)24-21(27)4-3-13-26-22(28)12-11-18(25-26)15-5-7-16(23)8-6-15/h5-12,14H,3-4,13H2,1-2H3,(H,24,27). The van der Waals surface area contributed by atoms with Crippen molar-refractivity contribution < 1.29 is 14.3 Å². The smallest absolute Gasteiger partial charge is 0.266 e. The summed E-state index contributed by atoms with van der Waals surface area (Å²) in [5, 5.41) is 7.25. The van der Waals surface area contributed by atoms with E-state index in [2.05, 4.69) is 26.3 Å². The molecule has 0 radical (unpaired) electrons. The van der Waals surface area contributed by atoms with Crippen LogP contribution < -0.4 is 20.3 Å². The summed E-state index contributed by atoms with van der Waals surface area (Å²) in [5.41, 5.74) is 1.98. The summed E-state index contributed by atoms with van der Waals surface area (Å²) < 4.78 is 12.8. The lowest BCUT2D eigenvalue weighted by atomic mass is 10.1. The number of hydrogen-bond donors (Lipinski definition) is 1. The third kappa shape index (κ3) is 5.48. The van der Waals surface area contributed by atoms with Crippen molar-refractivity contribution in [2.24, 2.45) is 0 Å². The van der Waals surface area contributed by atoms with Crippen molar-refractivity contribution in [3.05, 3.63) is 69.4 Å². The molecular formula is C22H22BrN3O4. The highest BCUT2D eigenvalue weighted by molar-refractivity contribution is 9.10. The summed E-state index contributed by atoms with van der Waals surface area (Å²) in [5.74, 6) is 0.985. The molecule has 0 saturated heterocycles. The second-order valence-corrected chi connectivity index (χ2v) is 7.42. The topological polar surface area (TPSA) is 82.5 Å². The molecule has 0 aliphatic heterocycles. The molecule has 0 bridgehead atoms. The van der Waals surface area contributed by atoms with E-state index in [1.165, 1.54) is 17.9 Å². The number of benzene rings is 2. The van der Waals surface area contributed by atoms with Crippen LogP contribution in [0.25, 0.3) is 11.3 Å². The monoisotopic (exact) mass is 471 g/mol. The van der Waals surface area contributed by atoms with Gasteiger partial charge in [0.05, 0.1) is 25.6 Å². The molecule has 156 valence electrons. The summed E-state index contributed by atoms with van der Waals surface area (Å²) in [6, 6.07) is 16.1. The number of carbonyl (C=O) groups is 1. The predicted octanol–water partition coefficient (Wildman–Crippen LogP) is 4.11. The van der Waals surface area contributed by atoms with Gasteiger partial charge < -0.3 is 14.8 Å². The number of carbonyl (C=O) groups excluding carboxylic acids is 1. The van der Waals surface area contributed by atoms with E-state index in [4.69, 9.17) is 9.47 Å². The Labute approximate surface area is 182 Å². The Balaban J connectivity index is 1.61. The van der Waals surface area contributed by atoms with Crippen LogP contribution in [0.1, 0.15) is 12.8 Å². The quantitative estimate of drug-likeness (QED) is 0.534. The minimum absolute atomic E-state index is 0.171. The molecule has 1 N–H and O–H groups in total. The van der Waals surface area contributed by atoms with Gasteiger partial charge in [-0.1, -0.05) is 28.1 Å². The lowest BCUT2D eigenvalue weighted by molar-refractivity contribution is -0.116. The van der Waals surface area contributed by atoms with Gasteiger partial charge in [0.1, 0.15) is 11.5 Å². The number of anilines is 1. The second kappa shape index (κ2) is 10.1. The maximum atomic E-state index is 12.3. The minimum atomic E-state index is -0.201. The number of rotatable bonds is 8. The number of methoxy groups -OCH3 is 2. The number of ether oxygens (including phenoxy) is 2. The van der Waals surface area contributed by atoms with Crippen molar-refractivity contribution >= 4 is 27.5 Å². The first-order valence-corrected chi connectivity index (χ1v) is 10.2. The van der Waals surface area contributed by atoms with E-state index in [0.29, 0.717) is 35.8 Å². The Morgan fingerprint density at radius 3 is 2.53 bits per heavy atom. The summed E-state index contributed by atoms with van der Waals surface area (Å²) in [4.78, 5) is 24.5. The summed E-state index contributed by atoms with van der Waals surface area (Å²) in [7, 11) is 3.09. The van der Waals surface area contributed by atoms with Crippen molar-refractivity contribution in [2.75, 3.05) is 19.5 Å². The van der Waals surface area contributed by atoms with Gasteiger partial charge >= 0.3 is 0 Å². The molecule has 8 heteroatoms. The molecule has 3 aromatic rings. The molecule has 1 heterocycles. The molecule has 0 aliphatic carbocycles. The molecule has 0 fully saturated rings. The number of aromatic nitrogens is 2. The fourth-order valence-corrected chi connectivity index (χ4v) is 3.15. The number of amides is 1. The van der Waals surface area contributed by atoms with Gasteiger partial charge in [0.2, 0.25) is 5.91 Å². The summed E-state index contributed by atoms with van der Waals surface area (Å²) >= 11 is 3.40. The van der Waals surface area contributed by atoms with Gasteiger partial charge in [-0.05, 0) is 36.8 Å². The molecule has 0 atom stereocenters. The number of halogens is 1. The van der Waals surface area contributed by atoms with Crippen LogP contribution in [0.15, 0.2) is 63.9 Å². The molecule has 1 amide bonds. The largest absolute Gasteiger partial charge is 0.497 e.